The molecule has 0 saturated carbocycles. The lowest BCUT2D eigenvalue weighted by Gasteiger charge is -2.14. The largest absolute Gasteiger partial charge is 0.497 e. The molecule has 5 nitrogen and oxygen atoms in total. The third-order valence-electron chi connectivity index (χ3n) is 4.55. The van der Waals surface area contributed by atoms with E-state index in [0.29, 0.717) is 11.6 Å². The summed E-state index contributed by atoms with van der Waals surface area (Å²) in [6.45, 7) is 3.13. The first-order valence-electron chi connectivity index (χ1n) is 9.85. The van der Waals surface area contributed by atoms with E-state index in [-0.39, 0.29) is 0 Å². The van der Waals surface area contributed by atoms with Gasteiger partial charge in [0.25, 0.3) is 0 Å². The minimum atomic E-state index is -1.41. The maximum Gasteiger partial charge on any atom is 0.337 e. The summed E-state index contributed by atoms with van der Waals surface area (Å²) in [6.07, 6.45) is -0.382. The summed E-state index contributed by atoms with van der Waals surface area (Å²) in [5, 5.41) is 20.9. The second-order valence-electron chi connectivity index (χ2n) is 6.97. The van der Waals surface area contributed by atoms with Crippen LogP contribution >= 0.6 is 0 Å². The number of carboxylic acid groups (broad SMARTS) is 1. The van der Waals surface area contributed by atoms with E-state index in [0.717, 1.165) is 18.7 Å². The Balaban J connectivity index is 0.000000248. The zero-order valence-corrected chi connectivity index (χ0v) is 17.4. The van der Waals surface area contributed by atoms with Crippen LogP contribution in [0.4, 0.5) is 0 Å². The lowest BCUT2D eigenvalue weighted by Crippen LogP contribution is -2.27. The van der Waals surface area contributed by atoms with Crippen LogP contribution in [0, 0.1) is 0 Å². The Morgan fingerprint density at radius 3 is 2.00 bits per heavy atom. The van der Waals surface area contributed by atoms with Gasteiger partial charge in [0.15, 0.2) is 6.10 Å². The van der Waals surface area contributed by atoms with E-state index in [9.17, 15) is 4.79 Å². The lowest BCUT2D eigenvalue weighted by molar-refractivity contribution is -0.146. The molecule has 0 fully saturated rings. The van der Waals surface area contributed by atoms with Crippen molar-refractivity contribution in [2.75, 3.05) is 7.11 Å². The molecule has 0 saturated heterocycles. The second-order valence-corrected chi connectivity index (χ2v) is 6.97. The van der Waals surface area contributed by atoms with E-state index in [1.54, 1.807) is 37.4 Å². The summed E-state index contributed by atoms with van der Waals surface area (Å²) in [4.78, 5) is 10.2. The molecule has 0 unspecified atom stereocenters. The summed E-state index contributed by atoms with van der Waals surface area (Å²) in [6, 6.07) is 27.5. The fraction of sp³-hybridized carbons (Fsp3) is 0.240. The van der Waals surface area contributed by atoms with E-state index >= 15 is 0 Å². The third kappa shape index (κ3) is 8.07. The molecule has 30 heavy (non-hydrogen) atoms. The highest BCUT2D eigenvalue weighted by atomic mass is 16.5. The first-order chi connectivity index (χ1) is 14.5. The third-order valence-corrected chi connectivity index (χ3v) is 4.55. The molecule has 3 rings (SSSR count). The van der Waals surface area contributed by atoms with Crippen LogP contribution in [0.25, 0.3) is 0 Å². The van der Waals surface area contributed by atoms with Crippen molar-refractivity contribution in [2.45, 2.75) is 32.0 Å². The smallest absolute Gasteiger partial charge is 0.337 e. The molecule has 0 aliphatic carbocycles. The number of methoxy groups -OCH3 is 1. The highest BCUT2D eigenvalue weighted by Gasteiger charge is 2.14. The molecule has 158 valence electrons. The van der Waals surface area contributed by atoms with Gasteiger partial charge in [-0.3, -0.25) is 0 Å². The summed E-state index contributed by atoms with van der Waals surface area (Å²) in [7, 11) is 1.69. The number of nitrogens with one attached hydrogen (secondary N) is 1. The predicted molar refractivity (Wildman–Crippen MR) is 118 cm³/mol. The number of ether oxygens (including phenoxy) is 1. The Morgan fingerprint density at radius 2 is 1.47 bits per heavy atom. The van der Waals surface area contributed by atoms with Crippen LogP contribution in [0.1, 0.15) is 29.7 Å². The van der Waals surface area contributed by atoms with Crippen LogP contribution in [0.5, 0.6) is 5.75 Å². The number of hydrogen-bond acceptors (Lipinski definition) is 4. The number of rotatable bonds is 8. The van der Waals surface area contributed by atoms with Gasteiger partial charge < -0.3 is 20.3 Å². The highest BCUT2D eigenvalue weighted by Crippen LogP contribution is 2.13. The molecule has 3 aromatic carbocycles. The quantitative estimate of drug-likeness (QED) is 0.521. The summed E-state index contributed by atoms with van der Waals surface area (Å²) in [5.74, 6) is -0.315. The van der Waals surface area contributed by atoms with Crippen LogP contribution in [-0.2, 0) is 17.8 Å². The monoisotopic (exact) mass is 407 g/mol. The molecular formula is C25H29NO4. The van der Waals surface area contributed by atoms with Crippen LogP contribution in [0.15, 0.2) is 84.9 Å². The normalized spacial score (nSPS) is 12.2. The average Bonchev–Trinajstić information content (AvgIpc) is 2.79. The summed E-state index contributed by atoms with van der Waals surface area (Å²) < 4.78 is 5.16. The fourth-order valence-corrected chi connectivity index (χ4v) is 2.85. The van der Waals surface area contributed by atoms with Gasteiger partial charge in [-0.1, -0.05) is 72.8 Å². The van der Waals surface area contributed by atoms with Crippen LogP contribution in [0.2, 0.25) is 0 Å². The van der Waals surface area contributed by atoms with E-state index in [1.807, 2.05) is 18.2 Å². The van der Waals surface area contributed by atoms with E-state index in [4.69, 9.17) is 14.9 Å². The Kier molecular flexibility index (Phi) is 9.58. The van der Waals surface area contributed by atoms with Gasteiger partial charge in [-0.2, -0.15) is 0 Å². The fourth-order valence-electron chi connectivity index (χ4n) is 2.85. The summed E-state index contributed by atoms with van der Waals surface area (Å²) in [5.41, 5.74) is 3.05. The molecule has 0 spiro atoms. The van der Waals surface area contributed by atoms with Gasteiger partial charge in [0.1, 0.15) is 5.75 Å². The number of carboxylic acids is 1. The van der Waals surface area contributed by atoms with Crippen molar-refractivity contribution in [2.24, 2.45) is 0 Å². The minimum Gasteiger partial charge on any atom is -0.497 e. The zero-order chi connectivity index (χ0) is 21.8. The topological polar surface area (TPSA) is 78.8 Å². The maximum absolute atomic E-state index is 10.2. The lowest BCUT2D eigenvalue weighted by atomic mass is 10.1. The standard InChI is InChI=1S/C17H21NO.C8H8O3/c1-14(18-13-16-6-4-3-5-7-16)12-15-8-10-17(19-2)11-9-15;9-7(8(10)11)6-4-2-1-3-5-6/h3-11,14,18H,12-13H2,1-2H3;1-5,7,9H,(H,10,11)/t14-;7-/m01/s1. The molecule has 0 amide bonds. The van der Waals surface area contributed by atoms with Gasteiger partial charge in [0, 0.05) is 12.6 Å². The number of aliphatic hydroxyl groups excluding tert-OH is 1. The molecule has 5 heteroatoms. The average molecular weight is 408 g/mol. The van der Waals surface area contributed by atoms with E-state index in [2.05, 4.69) is 48.6 Å². The number of hydrogen-bond donors (Lipinski definition) is 3. The van der Waals surface area contributed by atoms with Crippen LogP contribution in [-0.4, -0.2) is 29.3 Å². The van der Waals surface area contributed by atoms with Crippen LogP contribution < -0.4 is 10.1 Å². The van der Waals surface area contributed by atoms with E-state index < -0.39 is 12.1 Å². The predicted octanol–water partition coefficient (Wildman–Crippen LogP) is 4.22. The van der Waals surface area contributed by atoms with Gasteiger partial charge in [0.05, 0.1) is 7.11 Å². The van der Waals surface area contributed by atoms with Gasteiger partial charge in [-0.15, -0.1) is 0 Å². The van der Waals surface area contributed by atoms with Gasteiger partial charge >= 0.3 is 5.97 Å². The number of aliphatic hydroxyl groups is 1. The summed E-state index contributed by atoms with van der Waals surface area (Å²) >= 11 is 0. The first kappa shape index (κ1) is 23.1. The van der Waals surface area contributed by atoms with E-state index in [1.165, 1.54) is 11.1 Å². The van der Waals surface area contributed by atoms with Crippen molar-refractivity contribution in [3.05, 3.63) is 102 Å². The first-order valence-corrected chi connectivity index (χ1v) is 9.85. The van der Waals surface area contributed by atoms with Crippen molar-refractivity contribution < 1.29 is 19.7 Å². The van der Waals surface area contributed by atoms with Crippen molar-refractivity contribution in [1.82, 2.24) is 5.32 Å². The van der Waals surface area contributed by atoms with Crippen molar-refractivity contribution in [3.8, 4) is 5.75 Å². The van der Waals surface area contributed by atoms with Crippen molar-refractivity contribution in [1.29, 1.82) is 0 Å². The number of carbonyl (C=O) groups is 1. The molecule has 2 atom stereocenters. The van der Waals surface area contributed by atoms with Gasteiger partial charge in [0.2, 0.25) is 0 Å². The second kappa shape index (κ2) is 12.4. The highest BCUT2D eigenvalue weighted by molar-refractivity contribution is 5.73. The molecule has 3 aromatic rings. The van der Waals surface area contributed by atoms with Crippen molar-refractivity contribution >= 4 is 5.97 Å². The SMILES string of the molecule is COc1ccc(C[C@H](C)NCc2ccccc2)cc1.O=C(O)[C@H](O)c1ccccc1. The zero-order valence-electron chi connectivity index (χ0n) is 17.4. The van der Waals surface area contributed by atoms with Gasteiger partial charge in [-0.05, 0) is 42.2 Å². The molecule has 0 aliphatic rings. The Morgan fingerprint density at radius 1 is 0.900 bits per heavy atom. The molecule has 0 bridgehead atoms. The number of aliphatic carboxylic acids is 1. The molecule has 0 heterocycles. The number of benzene rings is 3. The Labute approximate surface area is 178 Å². The molecule has 0 aliphatic heterocycles. The molecule has 3 N–H and O–H groups in total. The Hall–Kier alpha value is -3.15. The van der Waals surface area contributed by atoms with Crippen LogP contribution in [0.3, 0.4) is 0 Å². The maximum atomic E-state index is 10.2. The molecule has 0 radical (unpaired) electrons. The molecule has 0 aromatic heterocycles. The van der Waals surface area contributed by atoms with Gasteiger partial charge in [-0.25, -0.2) is 4.79 Å². The Bertz CT molecular complexity index is 867. The van der Waals surface area contributed by atoms with Crippen molar-refractivity contribution in [3.63, 3.8) is 0 Å². The molecular weight excluding hydrogens is 378 g/mol. The minimum absolute atomic E-state index is 0.403.